The molecule has 2 aliphatic heterocycles. The average Bonchev–Trinajstić information content (AvgIpc) is 1.58. The van der Waals surface area contributed by atoms with Crippen LogP contribution in [0.25, 0.3) is 89.7 Å². The zero-order valence-corrected chi connectivity index (χ0v) is 55.7. The molecule has 13 rings (SSSR count). The first kappa shape index (κ1) is 68.6. The number of hydrogen-bond acceptors (Lipinski definition) is 18. The summed E-state index contributed by atoms with van der Waals surface area (Å²) in [4.78, 5) is 135. The number of aromatic nitrogens is 8. The summed E-state index contributed by atoms with van der Waals surface area (Å²) in [5.41, 5.74) is 5.05. The van der Waals surface area contributed by atoms with E-state index < -0.39 is 71.7 Å². The van der Waals surface area contributed by atoms with Gasteiger partial charge in [-0.3, -0.25) is 19.2 Å². The number of rotatable bonds is 24. The number of aliphatic carboxylic acids is 4. The molecule has 4 amide bonds. The standard InChI is InChI=1S/C76H62N12O16/c1-37(89)77-53(73(93)94)33-41-17-25-45(26-18-41)101-57-13-5-9-49-61(57)69-81-65(49)86-70-63-51(11-7-15-59(63)103-47-29-21-43(22-30-47)35-55(75(97)98)79-39(3)91)67(83-70)88-72-64-52(12-8-16-60(64)104-48-31-23-44(24-32-48)36-56(76(99)100)80-40(4)92)68(84-72)87-71-62-50(66(82-71)85-69)10-6-14-58(62)102-46-27-19-42(20-28-46)34-54(74(95)96)78-38(2)90/h5-32,53-56H,33-36H2,1-4H3,(H,77,89)(H,78,90)(H,79,91)(H,80,92)(H,93,94)(H,95,96)(H,97,98)(H,99,100)(H2,81,82,83,84,85,86,87,88). The smallest absolute Gasteiger partial charge is 0.326 e. The molecular weight excluding hydrogens is 1340 g/mol. The quantitative estimate of drug-likeness (QED) is 0.0269. The van der Waals surface area contributed by atoms with Gasteiger partial charge in [-0.2, -0.15) is 0 Å². The summed E-state index contributed by atoms with van der Waals surface area (Å²) in [6.45, 7) is 4.97. The molecule has 4 unspecified atom stereocenters. The Labute approximate surface area is 589 Å². The van der Waals surface area contributed by atoms with Crippen molar-refractivity contribution in [1.29, 1.82) is 0 Å². The number of carboxylic acid groups (broad SMARTS) is 4. The van der Waals surface area contributed by atoms with Gasteiger partial charge in [-0.25, -0.2) is 49.1 Å². The third kappa shape index (κ3) is 15.1. The van der Waals surface area contributed by atoms with Crippen LogP contribution >= 0.6 is 0 Å². The largest absolute Gasteiger partial charge is 0.480 e. The molecule has 104 heavy (non-hydrogen) atoms. The van der Waals surface area contributed by atoms with Crippen molar-refractivity contribution in [2.75, 3.05) is 0 Å². The van der Waals surface area contributed by atoms with Gasteiger partial charge in [0.15, 0.2) is 23.3 Å². The minimum Gasteiger partial charge on any atom is -0.480 e. The predicted octanol–water partition coefficient (Wildman–Crippen LogP) is 10.6. The second-order valence-corrected chi connectivity index (χ2v) is 24.5. The number of benzene rings is 8. The van der Waals surface area contributed by atoms with Gasteiger partial charge in [0, 0.05) is 75.3 Å². The van der Waals surface area contributed by atoms with Crippen molar-refractivity contribution in [3.63, 3.8) is 0 Å². The predicted molar refractivity (Wildman–Crippen MR) is 378 cm³/mol. The van der Waals surface area contributed by atoms with Gasteiger partial charge in [0.05, 0.1) is 21.9 Å². The van der Waals surface area contributed by atoms with Gasteiger partial charge in [-0.05, 0) is 95.1 Å². The molecule has 0 aliphatic carbocycles. The molecule has 2 aliphatic rings. The number of H-pyrrole nitrogens is 2. The number of carboxylic acids is 4. The number of carbonyl (C=O) groups is 8. The van der Waals surface area contributed by atoms with E-state index in [1.807, 2.05) is 12.1 Å². The van der Waals surface area contributed by atoms with Crippen molar-refractivity contribution < 1.29 is 77.7 Å². The van der Waals surface area contributed by atoms with Crippen molar-refractivity contribution in [2.24, 2.45) is 0 Å². The van der Waals surface area contributed by atoms with E-state index in [4.69, 9.17) is 48.9 Å². The number of carbonyl (C=O) groups excluding carboxylic acids is 4. The Morgan fingerprint density at radius 2 is 0.587 bits per heavy atom. The number of amides is 4. The fourth-order valence-electron chi connectivity index (χ4n) is 12.2. The second-order valence-electron chi connectivity index (χ2n) is 24.5. The molecule has 0 saturated carbocycles. The molecule has 8 aromatic carbocycles. The van der Waals surface area contributed by atoms with Crippen LogP contribution in [0.1, 0.15) is 49.9 Å². The van der Waals surface area contributed by atoms with Crippen LogP contribution in [0.2, 0.25) is 0 Å². The molecule has 11 aromatic rings. The Bertz CT molecular complexity index is 5140. The first-order chi connectivity index (χ1) is 50.0. The number of aromatic amines is 2. The lowest BCUT2D eigenvalue weighted by Crippen LogP contribution is -2.41. The Balaban J connectivity index is 1.01. The lowest BCUT2D eigenvalue weighted by Gasteiger charge is -2.14. The molecular formula is C76H62N12O16. The number of hydrogen-bond donors (Lipinski definition) is 10. The van der Waals surface area contributed by atoms with Crippen LogP contribution in [-0.4, -0.2) is 132 Å². The second kappa shape index (κ2) is 29.1. The van der Waals surface area contributed by atoms with Crippen molar-refractivity contribution in [3.05, 3.63) is 192 Å². The molecule has 0 saturated heterocycles. The van der Waals surface area contributed by atoms with Gasteiger partial charge in [0.2, 0.25) is 23.6 Å². The molecule has 3 aromatic heterocycles. The zero-order valence-electron chi connectivity index (χ0n) is 55.7. The number of nitrogens with one attached hydrogen (secondary N) is 6. The van der Waals surface area contributed by atoms with Crippen LogP contribution in [0.3, 0.4) is 0 Å². The summed E-state index contributed by atoms with van der Waals surface area (Å²) < 4.78 is 26.8. The van der Waals surface area contributed by atoms with Gasteiger partial charge >= 0.3 is 23.9 Å². The van der Waals surface area contributed by atoms with Crippen LogP contribution in [-0.2, 0) is 64.0 Å². The van der Waals surface area contributed by atoms with Gasteiger partial charge in [0.25, 0.3) is 0 Å². The summed E-state index contributed by atoms with van der Waals surface area (Å²) in [6.07, 6.45) is -0.0356. The van der Waals surface area contributed by atoms with E-state index in [1.54, 1.807) is 158 Å². The summed E-state index contributed by atoms with van der Waals surface area (Å²) in [6, 6.07) is 43.4. The summed E-state index contributed by atoms with van der Waals surface area (Å²) in [7, 11) is 0. The Morgan fingerprint density at radius 1 is 0.327 bits per heavy atom. The summed E-state index contributed by atoms with van der Waals surface area (Å²) >= 11 is 0. The molecule has 28 heteroatoms. The molecule has 522 valence electrons. The van der Waals surface area contributed by atoms with Crippen LogP contribution in [0.15, 0.2) is 170 Å². The van der Waals surface area contributed by atoms with Crippen LogP contribution < -0.4 is 40.2 Å². The van der Waals surface area contributed by atoms with E-state index in [2.05, 4.69) is 31.2 Å². The highest BCUT2D eigenvalue weighted by Crippen LogP contribution is 2.46. The topological polar surface area (TPSA) is 411 Å². The monoisotopic (exact) mass is 1400 g/mol. The highest BCUT2D eigenvalue weighted by atomic mass is 16.5. The van der Waals surface area contributed by atoms with Crippen molar-refractivity contribution in [3.8, 4) is 91.5 Å². The molecule has 0 fully saturated rings. The molecule has 0 radical (unpaired) electrons. The molecule has 5 heterocycles. The number of nitrogens with zero attached hydrogens (tertiary/aromatic N) is 6. The fraction of sp³-hybridized carbons (Fsp3) is 0.158. The van der Waals surface area contributed by atoms with Gasteiger partial charge in [-0.15, -0.1) is 0 Å². The van der Waals surface area contributed by atoms with Gasteiger partial charge in [0.1, 0.15) is 92.8 Å². The first-order valence-corrected chi connectivity index (χ1v) is 32.5. The Kier molecular flexibility index (Phi) is 19.2. The molecule has 4 atom stereocenters. The van der Waals surface area contributed by atoms with E-state index >= 15 is 0 Å². The third-order valence-corrected chi connectivity index (χ3v) is 16.9. The van der Waals surface area contributed by atoms with E-state index in [0.29, 0.717) is 101 Å². The summed E-state index contributed by atoms with van der Waals surface area (Å²) in [5, 5.41) is 51.2. The van der Waals surface area contributed by atoms with Crippen molar-refractivity contribution in [2.45, 2.75) is 77.5 Å². The van der Waals surface area contributed by atoms with Crippen LogP contribution in [0.5, 0.6) is 46.0 Å². The lowest BCUT2D eigenvalue weighted by molar-refractivity contribution is -0.141. The Morgan fingerprint density at radius 3 is 0.865 bits per heavy atom. The van der Waals surface area contributed by atoms with Crippen molar-refractivity contribution in [1.82, 2.24) is 61.1 Å². The van der Waals surface area contributed by atoms with E-state index in [9.17, 15) is 58.8 Å². The van der Waals surface area contributed by atoms with E-state index in [1.165, 1.54) is 27.7 Å². The van der Waals surface area contributed by atoms with Crippen LogP contribution in [0, 0.1) is 0 Å². The maximum atomic E-state index is 12.1. The molecule has 28 nitrogen and oxygen atoms in total. The minimum atomic E-state index is -1.20. The van der Waals surface area contributed by atoms with E-state index in [-0.39, 0.29) is 83.1 Å². The highest BCUT2D eigenvalue weighted by molar-refractivity contribution is 6.10. The molecule has 10 N–H and O–H groups in total. The average molecular weight is 1400 g/mol. The normalized spacial score (nSPS) is 12.5. The van der Waals surface area contributed by atoms with Gasteiger partial charge in [-0.1, -0.05) is 97.1 Å². The lowest BCUT2D eigenvalue weighted by atomic mass is 10.1. The SMILES string of the molecule is CC(=O)NC(Cc1ccc(Oc2cccc3c2-c2nc-3nc3[nH]c(nc4nc(nc5[nH]c(n2)c2cccc(Oc6ccc(CC(NC(C)=O)C(=O)O)cc6)c52)-c2cccc(Oc5ccc(CC(NC(C)=O)C(=O)O)cc5)c2-4)c2cccc(Oc4ccc(CC(NC(C)=O)C(=O)O)cc4)c32)cc1)C(=O)O. The maximum Gasteiger partial charge on any atom is 0.326 e. The zero-order chi connectivity index (χ0) is 73.0. The number of ether oxygens (including phenoxy) is 4. The molecule has 0 spiro atoms. The Hall–Kier alpha value is -13.9. The minimum absolute atomic E-state index is 0.00864. The van der Waals surface area contributed by atoms with Crippen molar-refractivity contribution >= 4 is 91.6 Å². The molecule has 8 bridgehead atoms. The third-order valence-electron chi connectivity index (χ3n) is 16.9. The number of fused-ring (bicyclic) bond motifs is 20. The highest BCUT2D eigenvalue weighted by Gasteiger charge is 2.30. The van der Waals surface area contributed by atoms with Gasteiger partial charge < -0.3 is 70.6 Å². The van der Waals surface area contributed by atoms with Crippen LogP contribution in [0.4, 0.5) is 0 Å². The maximum absolute atomic E-state index is 12.1. The first-order valence-electron chi connectivity index (χ1n) is 32.5. The fourth-order valence-corrected chi connectivity index (χ4v) is 12.2. The van der Waals surface area contributed by atoms with E-state index in [0.717, 1.165) is 0 Å². The summed E-state index contributed by atoms with van der Waals surface area (Å²) in [5.74, 6) is -3.65.